The monoisotopic (exact) mass is 336 g/mol. The van der Waals surface area contributed by atoms with Crippen molar-refractivity contribution in [2.24, 2.45) is 7.05 Å². The van der Waals surface area contributed by atoms with E-state index < -0.39 is 0 Å². The summed E-state index contributed by atoms with van der Waals surface area (Å²) in [5, 5.41) is 2.22. The number of para-hydroxylation sites is 1. The second-order valence-corrected chi connectivity index (χ2v) is 6.29. The summed E-state index contributed by atoms with van der Waals surface area (Å²) in [6, 6.07) is 20.4. The lowest BCUT2D eigenvalue weighted by atomic mass is 10.2. The molecule has 0 unspecified atom stereocenters. The van der Waals surface area contributed by atoms with E-state index in [1.54, 1.807) is 0 Å². The molecule has 2 aromatic carbocycles. The highest BCUT2D eigenvalue weighted by Gasteiger charge is 2.09. The van der Waals surface area contributed by atoms with Gasteiger partial charge in [0, 0.05) is 24.0 Å². The van der Waals surface area contributed by atoms with Crippen LogP contribution in [0.25, 0.3) is 45.0 Å². The van der Waals surface area contributed by atoms with Crippen molar-refractivity contribution < 1.29 is 0 Å². The van der Waals surface area contributed by atoms with Crippen LogP contribution >= 0.6 is 0 Å². The van der Waals surface area contributed by atoms with Crippen LogP contribution in [0.1, 0.15) is 11.5 Å². The molecule has 0 aliphatic carbocycles. The number of hydrogen-bond donors (Lipinski definition) is 0. The highest BCUT2D eigenvalue weighted by Crippen LogP contribution is 2.24. The van der Waals surface area contributed by atoms with E-state index in [0.29, 0.717) is 0 Å². The van der Waals surface area contributed by atoms with Crippen molar-refractivity contribution in [3.63, 3.8) is 0 Å². The highest BCUT2D eigenvalue weighted by molar-refractivity contribution is 6.03. The SMILES string of the molecule is Cn1c(/C=C/c2ccc3ccccc3n2)nc2c3cccnc3ccc21. The molecule has 0 atom stereocenters. The van der Waals surface area contributed by atoms with Gasteiger partial charge >= 0.3 is 0 Å². The van der Waals surface area contributed by atoms with E-state index in [1.807, 2.05) is 61.8 Å². The number of aryl methyl sites for hydroxylation is 1. The Morgan fingerprint density at radius 2 is 1.73 bits per heavy atom. The molecule has 124 valence electrons. The maximum Gasteiger partial charge on any atom is 0.133 e. The summed E-state index contributed by atoms with van der Waals surface area (Å²) in [5.41, 5.74) is 4.95. The molecule has 3 heterocycles. The Morgan fingerprint density at radius 3 is 2.69 bits per heavy atom. The third-order valence-corrected chi connectivity index (χ3v) is 4.69. The Bertz CT molecular complexity index is 1300. The third kappa shape index (κ3) is 2.35. The molecule has 0 aliphatic heterocycles. The number of benzene rings is 2. The smallest absolute Gasteiger partial charge is 0.133 e. The Balaban J connectivity index is 1.60. The van der Waals surface area contributed by atoms with Gasteiger partial charge < -0.3 is 4.57 Å². The number of fused-ring (bicyclic) bond motifs is 4. The summed E-state index contributed by atoms with van der Waals surface area (Å²) >= 11 is 0. The van der Waals surface area contributed by atoms with Crippen molar-refractivity contribution >= 4 is 45.0 Å². The first-order valence-corrected chi connectivity index (χ1v) is 8.54. The molecule has 26 heavy (non-hydrogen) atoms. The van der Waals surface area contributed by atoms with E-state index in [9.17, 15) is 0 Å². The van der Waals surface area contributed by atoms with Gasteiger partial charge in [-0.2, -0.15) is 0 Å². The minimum atomic E-state index is 0.895. The maximum absolute atomic E-state index is 4.83. The Hall–Kier alpha value is -3.53. The molecule has 4 nitrogen and oxygen atoms in total. The van der Waals surface area contributed by atoms with Gasteiger partial charge in [0.25, 0.3) is 0 Å². The van der Waals surface area contributed by atoms with Gasteiger partial charge in [0.2, 0.25) is 0 Å². The number of hydrogen-bond acceptors (Lipinski definition) is 3. The van der Waals surface area contributed by atoms with Crippen LogP contribution in [0.3, 0.4) is 0 Å². The van der Waals surface area contributed by atoms with E-state index in [4.69, 9.17) is 4.98 Å². The summed E-state index contributed by atoms with van der Waals surface area (Å²) < 4.78 is 2.10. The highest BCUT2D eigenvalue weighted by atomic mass is 15.1. The van der Waals surface area contributed by atoms with Crippen molar-refractivity contribution in [3.05, 3.63) is 78.4 Å². The molecule has 0 aliphatic rings. The second-order valence-electron chi connectivity index (χ2n) is 6.29. The van der Waals surface area contributed by atoms with Crippen LogP contribution in [0.4, 0.5) is 0 Å². The predicted octanol–water partition coefficient (Wildman–Crippen LogP) is 4.84. The molecule has 0 radical (unpaired) electrons. The number of pyridine rings is 2. The van der Waals surface area contributed by atoms with Crippen molar-refractivity contribution in [2.75, 3.05) is 0 Å². The molecule has 5 aromatic rings. The van der Waals surface area contributed by atoms with Crippen LogP contribution < -0.4 is 0 Å². The van der Waals surface area contributed by atoms with Crippen molar-refractivity contribution in [3.8, 4) is 0 Å². The summed E-state index contributed by atoms with van der Waals surface area (Å²) in [6.45, 7) is 0. The van der Waals surface area contributed by atoms with E-state index in [1.165, 1.54) is 0 Å². The van der Waals surface area contributed by atoms with Gasteiger partial charge in [0.1, 0.15) is 5.82 Å². The van der Waals surface area contributed by atoms with Crippen molar-refractivity contribution in [2.45, 2.75) is 0 Å². The summed E-state index contributed by atoms with van der Waals surface area (Å²) in [7, 11) is 2.03. The zero-order valence-corrected chi connectivity index (χ0v) is 14.3. The Morgan fingerprint density at radius 1 is 0.808 bits per heavy atom. The minimum absolute atomic E-state index is 0.895. The lowest BCUT2D eigenvalue weighted by Gasteiger charge is -2.00. The first-order chi connectivity index (χ1) is 12.8. The van der Waals surface area contributed by atoms with Crippen LogP contribution in [0.2, 0.25) is 0 Å². The standard InChI is InChI=1S/C22H16N4/c1-26-20-12-11-19-17(6-4-14-23-19)22(20)25-21(26)13-10-16-9-8-15-5-2-3-7-18(15)24-16/h2-14H,1H3/b13-10+. The zero-order chi connectivity index (χ0) is 17.5. The second kappa shape index (κ2) is 5.77. The summed E-state index contributed by atoms with van der Waals surface area (Å²) in [6.07, 6.45) is 5.83. The summed E-state index contributed by atoms with van der Waals surface area (Å²) in [4.78, 5) is 13.9. The van der Waals surface area contributed by atoms with Gasteiger partial charge in [0.15, 0.2) is 0 Å². The predicted molar refractivity (Wildman–Crippen MR) is 107 cm³/mol. The molecular formula is C22H16N4. The first kappa shape index (κ1) is 14.8. The third-order valence-electron chi connectivity index (χ3n) is 4.69. The normalized spacial score (nSPS) is 11.9. The van der Waals surface area contributed by atoms with Gasteiger partial charge in [-0.05, 0) is 48.6 Å². The Kier molecular flexibility index (Phi) is 3.28. The lowest BCUT2D eigenvalue weighted by molar-refractivity contribution is 0.930. The fourth-order valence-electron chi connectivity index (χ4n) is 3.31. The van der Waals surface area contributed by atoms with Crippen LogP contribution in [-0.2, 0) is 7.05 Å². The van der Waals surface area contributed by atoms with E-state index in [-0.39, 0.29) is 0 Å². The van der Waals surface area contributed by atoms with Gasteiger partial charge in [-0.3, -0.25) is 4.98 Å². The topological polar surface area (TPSA) is 43.6 Å². The van der Waals surface area contributed by atoms with Crippen LogP contribution in [0, 0.1) is 0 Å². The first-order valence-electron chi connectivity index (χ1n) is 8.54. The molecule has 0 spiro atoms. The molecule has 0 bridgehead atoms. The largest absolute Gasteiger partial charge is 0.328 e. The van der Waals surface area contributed by atoms with Gasteiger partial charge in [0.05, 0.1) is 27.8 Å². The van der Waals surface area contributed by atoms with Crippen molar-refractivity contribution in [1.82, 2.24) is 19.5 Å². The molecule has 0 amide bonds. The zero-order valence-electron chi connectivity index (χ0n) is 14.3. The number of nitrogens with zero attached hydrogens (tertiary/aromatic N) is 4. The molecular weight excluding hydrogens is 320 g/mol. The van der Waals surface area contributed by atoms with Crippen molar-refractivity contribution in [1.29, 1.82) is 0 Å². The van der Waals surface area contributed by atoms with Gasteiger partial charge in [-0.15, -0.1) is 0 Å². The molecule has 0 N–H and O–H groups in total. The molecule has 0 fully saturated rings. The van der Waals surface area contributed by atoms with Gasteiger partial charge in [-0.25, -0.2) is 9.97 Å². The Labute approximate surface area is 150 Å². The average molecular weight is 336 g/mol. The average Bonchev–Trinajstić information content (AvgIpc) is 3.02. The molecule has 4 heteroatoms. The summed E-state index contributed by atoms with van der Waals surface area (Å²) in [5.74, 6) is 0.895. The quantitative estimate of drug-likeness (QED) is 0.463. The fraction of sp³-hybridized carbons (Fsp3) is 0.0455. The minimum Gasteiger partial charge on any atom is -0.328 e. The van der Waals surface area contributed by atoms with Crippen LogP contribution in [-0.4, -0.2) is 19.5 Å². The van der Waals surface area contributed by atoms with Crippen LogP contribution in [0.15, 0.2) is 66.9 Å². The number of aromatic nitrogens is 4. The number of rotatable bonds is 2. The molecule has 3 aromatic heterocycles. The maximum atomic E-state index is 4.83. The molecule has 0 saturated carbocycles. The van der Waals surface area contributed by atoms with E-state index in [0.717, 1.165) is 44.4 Å². The molecule has 0 saturated heterocycles. The molecule has 5 rings (SSSR count). The van der Waals surface area contributed by atoms with E-state index >= 15 is 0 Å². The fourth-order valence-corrected chi connectivity index (χ4v) is 3.31. The number of imidazole rings is 1. The van der Waals surface area contributed by atoms with Crippen LogP contribution in [0.5, 0.6) is 0 Å². The van der Waals surface area contributed by atoms with Gasteiger partial charge in [-0.1, -0.05) is 24.3 Å². The van der Waals surface area contributed by atoms with E-state index in [2.05, 4.69) is 38.8 Å². The lowest BCUT2D eigenvalue weighted by Crippen LogP contribution is -1.91.